The predicted molar refractivity (Wildman–Crippen MR) is 79.5 cm³/mol. The van der Waals surface area contributed by atoms with Gasteiger partial charge in [-0.05, 0) is 59.3 Å². The fourth-order valence-corrected chi connectivity index (χ4v) is 3.19. The van der Waals surface area contributed by atoms with Crippen molar-refractivity contribution < 1.29 is 4.74 Å². The van der Waals surface area contributed by atoms with Gasteiger partial charge in [-0.15, -0.1) is 0 Å². The molecule has 0 aromatic carbocycles. The molecule has 4 heteroatoms. The first-order valence-electron chi connectivity index (χ1n) is 7.85. The third-order valence-corrected chi connectivity index (χ3v) is 4.76. The van der Waals surface area contributed by atoms with E-state index in [1.165, 1.54) is 38.9 Å². The van der Waals surface area contributed by atoms with Crippen LogP contribution in [0.3, 0.4) is 0 Å². The van der Waals surface area contributed by atoms with E-state index in [0.29, 0.717) is 12.1 Å². The Morgan fingerprint density at radius 3 is 2.74 bits per heavy atom. The molecule has 4 nitrogen and oxygen atoms in total. The zero-order valence-corrected chi connectivity index (χ0v) is 12.9. The Balaban J connectivity index is 1.67. The number of piperidine rings is 1. The molecule has 2 heterocycles. The standard InChI is InChI=1S/C15H31N3O/c1-13(10-15-12-19-9-6-16-15)18(3)11-14-4-7-17(2)8-5-14/h13-16H,4-12H2,1-3H3. The van der Waals surface area contributed by atoms with Gasteiger partial charge in [0.15, 0.2) is 0 Å². The van der Waals surface area contributed by atoms with Crippen molar-refractivity contribution in [2.45, 2.75) is 38.3 Å². The summed E-state index contributed by atoms with van der Waals surface area (Å²) in [4.78, 5) is 5.00. The predicted octanol–water partition coefficient (Wildman–Crippen LogP) is 1.03. The molecule has 1 N–H and O–H groups in total. The van der Waals surface area contributed by atoms with Crippen LogP contribution in [-0.4, -0.2) is 75.4 Å². The number of hydrogen-bond acceptors (Lipinski definition) is 4. The first-order valence-corrected chi connectivity index (χ1v) is 7.85. The van der Waals surface area contributed by atoms with E-state index in [1.807, 2.05) is 0 Å². The lowest BCUT2D eigenvalue weighted by atomic mass is 9.95. The fraction of sp³-hybridized carbons (Fsp3) is 1.00. The molecule has 0 spiro atoms. The summed E-state index contributed by atoms with van der Waals surface area (Å²) in [5.74, 6) is 0.888. The molecule has 0 radical (unpaired) electrons. The molecular weight excluding hydrogens is 238 g/mol. The van der Waals surface area contributed by atoms with Crippen molar-refractivity contribution >= 4 is 0 Å². The molecule has 0 saturated carbocycles. The highest BCUT2D eigenvalue weighted by Gasteiger charge is 2.22. The van der Waals surface area contributed by atoms with Crippen LogP contribution >= 0.6 is 0 Å². The summed E-state index contributed by atoms with van der Waals surface area (Å²) in [6.45, 7) is 8.91. The zero-order chi connectivity index (χ0) is 13.7. The number of rotatable bonds is 5. The average Bonchev–Trinajstić information content (AvgIpc) is 2.42. The van der Waals surface area contributed by atoms with Crippen LogP contribution in [0.1, 0.15) is 26.2 Å². The maximum Gasteiger partial charge on any atom is 0.0620 e. The van der Waals surface area contributed by atoms with Crippen molar-refractivity contribution in [3.05, 3.63) is 0 Å². The first kappa shape index (κ1) is 15.2. The smallest absolute Gasteiger partial charge is 0.0620 e. The second kappa shape index (κ2) is 7.58. The van der Waals surface area contributed by atoms with Crippen molar-refractivity contribution in [2.75, 3.05) is 53.5 Å². The number of nitrogens with one attached hydrogen (secondary N) is 1. The normalized spacial score (nSPS) is 28.7. The van der Waals surface area contributed by atoms with E-state index in [9.17, 15) is 0 Å². The molecular formula is C15H31N3O. The van der Waals surface area contributed by atoms with Crippen LogP contribution in [0.5, 0.6) is 0 Å². The van der Waals surface area contributed by atoms with Gasteiger partial charge in [0.1, 0.15) is 0 Å². The highest BCUT2D eigenvalue weighted by atomic mass is 16.5. The van der Waals surface area contributed by atoms with Crippen LogP contribution in [0.25, 0.3) is 0 Å². The molecule has 2 atom stereocenters. The Morgan fingerprint density at radius 1 is 1.37 bits per heavy atom. The van der Waals surface area contributed by atoms with E-state index in [4.69, 9.17) is 4.74 Å². The van der Waals surface area contributed by atoms with E-state index in [1.54, 1.807) is 0 Å². The molecule has 2 rings (SSSR count). The van der Waals surface area contributed by atoms with E-state index >= 15 is 0 Å². The minimum Gasteiger partial charge on any atom is -0.379 e. The maximum absolute atomic E-state index is 5.54. The molecule has 0 amide bonds. The Bertz CT molecular complexity index is 248. The van der Waals surface area contributed by atoms with Gasteiger partial charge in [-0.2, -0.15) is 0 Å². The molecule has 2 aliphatic rings. The SMILES string of the molecule is CC(CC1COCCN1)N(C)CC1CCN(C)CC1. The fourth-order valence-electron chi connectivity index (χ4n) is 3.19. The summed E-state index contributed by atoms with van der Waals surface area (Å²) in [6.07, 6.45) is 3.92. The molecule has 0 aliphatic carbocycles. The van der Waals surface area contributed by atoms with Crippen LogP contribution in [-0.2, 0) is 4.74 Å². The van der Waals surface area contributed by atoms with Crippen LogP contribution in [0.15, 0.2) is 0 Å². The van der Waals surface area contributed by atoms with Crippen molar-refractivity contribution in [1.29, 1.82) is 0 Å². The highest BCUT2D eigenvalue weighted by Crippen LogP contribution is 2.18. The van der Waals surface area contributed by atoms with Gasteiger partial charge in [0.2, 0.25) is 0 Å². The quantitative estimate of drug-likeness (QED) is 0.807. The number of likely N-dealkylation sites (tertiary alicyclic amines) is 1. The zero-order valence-electron chi connectivity index (χ0n) is 12.9. The lowest BCUT2D eigenvalue weighted by molar-refractivity contribution is 0.0615. The van der Waals surface area contributed by atoms with Gasteiger partial charge in [0.05, 0.1) is 13.2 Å². The third-order valence-electron chi connectivity index (χ3n) is 4.76. The number of nitrogens with zero attached hydrogens (tertiary/aromatic N) is 2. The van der Waals surface area contributed by atoms with Gasteiger partial charge >= 0.3 is 0 Å². The molecule has 0 aromatic rings. The van der Waals surface area contributed by atoms with Gasteiger partial charge in [-0.25, -0.2) is 0 Å². The Morgan fingerprint density at radius 2 is 2.11 bits per heavy atom. The maximum atomic E-state index is 5.54. The van der Waals surface area contributed by atoms with Crippen molar-refractivity contribution in [1.82, 2.24) is 15.1 Å². The second-order valence-corrected chi connectivity index (χ2v) is 6.50. The van der Waals surface area contributed by atoms with E-state index in [-0.39, 0.29) is 0 Å². The summed E-state index contributed by atoms with van der Waals surface area (Å²) in [5.41, 5.74) is 0. The second-order valence-electron chi connectivity index (χ2n) is 6.50. The summed E-state index contributed by atoms with van der Waals surface area (Å²) in [7, 11) is 4.52. The Hall–Kier alpha value is -0.160. The van der Waals surface area contributed by atoms with Crippen molar-refractivity contribution in [3.8, 4) is 0 Å². The van der Waals surface area contributed by atoms with Gasteiger partial charge in [-0.3, -0.25) is 0 Å². The topological polar surface area (TPSA) is 27.7 Å². The Kier molecular flexibility index (Phi) is 6.07. The van der Waals surface area contributed by atoms with Crippen LogP contribution in [0.2, 0.25) is 0 Å². The molecule has 0 bridgehead atoms. The van der Waals surface area contributed by atoms with Gasteiger partial charge in [0, 0.05) is 25.2 Å². The molecule has 112 valence electrons. The molecule has 2 fully saturated rings. The third kappa shape index (κ3) is 5.03. The molecule has 19 heavy (non-hydrogen) atoms. The summed E-state index contributed by atoms with van der Waals surface area (Å²) >= 11 is 0. The molecule has 2 unspecified atom stereocenters. The lowest BCUT2D eigenvalue weighted by Gasteiger charge is -2.35. The van der Waals surface area contributed by atoms with Crippen LogP contribution in [0.4, 0.5) is 0 Å². The van der Waals surface area contributed by atoms with Gasteiger partial charge in [0.25, 0.3) is 0 Å². The molecule has 2 aliphatic heterocycles. The van der Waals surface area contributed by atoms with Gasteiger partial charge < -0.3 is 19.9 Å². The lowest BCUT2D eigenvalue weighted by Crippen LogP contribution is -2.46. The van der Waals surface area contributed by atoms with Gasteiger partial charge in [-0.1, -0.05) is 0 Å². The average molecular weight is 269 g/mol. The van der Waals surface area contributed by atoms with E-state index in [0.717, 1.165) is 25.7 Å². The van der Waals surface area contributed by atoms with Crippen LogP contribution in [0, 0.1) is 5.92 Å². The van der Waals surface area contributed by atoms with Crippen LogP contribution < -0.4 is 5.32 Å². The highest BCUT2D eigenvalue weighted by molar-refractivity contribution is 4.79. The largest absolute Gasteiger partial charge is 0.379 e. The summed E-state index contributed by atoms with van der Waals surface area (Å²) in [6, 6.07) is 1.18. The number of morpholine rings is 1. The Labute approximate surface area is 118 Å². The number of hydrogen-bond donors (Lipinski definition) is 1. The summed E-state index contributed by atoms with van der Waals surface area (Å²) in [5, 5.41) is 3.56. The number of ether oxygens (including phenoxy) is 1. The minimum atomic E-state index is 0.545. The van der Waals surface area contributed by atoms with E-state index < -0.39 is 0 Å². The molecule has 0 aromatic heterocycles. The van der Waals surface area contributed by atoms with E-state index in [2.05, 4.69) is 36.1 Å². The minimum absolute atomic E-state index is 0.545. The van der Waals surface area contributed by atoms with Crippen molar-refractivity contribution in [3.63, 3.8) is 0 Å². The summed E-state index contributed by atoms with van der Waals surface area (Å²) < 4.78 is 5.54. The first-order chi connectivity index (χ1) is 9.15. The van der Waals surface area contributed by atoms with Crippen molar-refractivity contribution in [2.24, 2.45) is 5.92 Å². The molecule has 2 saturated heterocycles. The monoisotopic (exact) mass is 269 g/mol.